The predicted octanol–water partition coefficient (Wildman–Crippen LogP) is 0.490. The summed E-state index contributed by atoms with van der Waals surface area (Å²) >= 11 is 0. The van der Waals surface area contributed by atoms with Gasteiger partial charge in [0.15, 0.2) is 0 Å². The number of halogens is 3. The highest BCUT2D eigenvalue weighted by Crippen LogP contribution is 2.29. The van der Waals surface area contributed by atoms with Crippen LogP contribution < -0.4 is 10.6 Å². The summed E-state index contributed by atoms with van der Waals surface area (Å²) in [4.78, 5) is 13.4. The average Bonchev–Trinajstić information content (AvgIpc) is 2.27. The van der Waals surface area contributed by atoms with Gasteiger partial charge in [0.2, 0.25) is 5.91 Å². The molecule has 0 aromatic heterocycles. The van der Waals surface area contributed by atoms with Crippen LogP contribution >= 0.6 is 0 Å². The minimum Gasteiger partial charge on any atom is -0.344 e. The van der Waals surface area contributed by atoms with Crippen molar-refractivity contribution in [1.29, 1.82) is 0 Å². The molecule has 2 fully saturated rings. The Morgan fingerprint density at radius 3 is 2.72 bits per heavy atom. The maximum atomic E-state index is 12.7. The van der Waals surface area contributed by atoms with E-state index in [1.165, 1.54) is 0 Å². The number of nitrogens with one attached hydrogen (secondary N) is 2. The summed E-state index contributed by atoms with van der Waals surface area (Å²) in [6.45, 7) is 4.15. The van der Waals surface area contributed by atoms with Crippen LogP contribution in [0, 0.1) is 0 Å². The molecule has 0 spiro atoms. The zero-order valence-electron chi connectivity index (χ0n) is 10.3. The van der Waals surface area contributed by atoms with E-state index >= 15 is 0 Å². The number of alkyl halides is 3. The molecule has 2 aliphatic rings. The molecule has 3 unspecified atom stereocenters. The molecule has 18 heavy (non-hydrogen) atoms. The van der Waals surface area contributed by atoms with Crippen molar-refractivity contribution in [3.63, 3.8) is 0 Å². The fraction of sp³-hybridized carbons (Fsp3) is 0.909. The van der Waals surface area contributed by atoms with E-state index in [-0.39, 0.29) is 24.9 Å². The fourth-order valence-corrected chi connectivity index (χ4v) is 2.67. The third-order valence-corrected chi connectivity index (χ3v) is 3.58. The van der Waals surface area contributed by atoms with Crippen LogP contribution in [0.3, 0.4) is 0 Å². The van der Waals surface area contributed by atoms with E-state index in [2.05, 4.69) is 5.32 Å². The van der Waals surface area contributed by atoms with Gasteiger partial charge in [-0.3, -0.25) is 9.69 Å². The fourth-order valence-electron chi connectivity index (χ4n) is 2.67. The van der Waals surface area contributed by atoms with Crippen LogP contribution in [0.25, 0.3) is 0 Å². The number of amides is 1. The minimum atomic E-state index is -4.35. The van der Waals surface area contributed by atoms with E-state index in [1.807, 2.05) is 17.1 Å². The molecule has 2 saturated heterocycles. The number of hydrogen-bond acceptors (Lipinski definition) is 3. The first-order valence-corrected chi connectivity index (χ1v) is 6.20. The van der Waals surface area contributed by atoms with Gasteiger partial charge < -0.3 is 10.6 Å². The Morgan fingerprint density at radius 2 is 2.11 bits per heavy atom. The van der Waals surface area contributed by atoms with Gasteiger partial charge in [-0.1, -0.05) is 0 Å². The third-order valence-electron chi connectivity index (χ3n) is 3.58. The number of carbonyl (C=O) groups is 1. The highest BCUT2D eigenvalue weighted by Gasteiger charge is 2.45. The first kappa shape index (κ1) is 13.6. The van der Waals surface area contributed by atoms with E-state index in [1.54, 1.807) is 0 Å². The van der Waals surface area contributed by atoms with Crippen LogP contribution in [-0.2, 0) is 4.79 Å². The molecule has 7 heteroatoms. The van der Waals surface area contributed by atoms with E-state index in [9.17, 15) is 18.0 Å². The van der Waals surface area contributed by atoms with Crippen molar-refractivity contribution in [3.8, 4) is 0 Å². The number of nitrogens with zero attached hydrogens (tertiary/aromatic N) is 1. The molecule has 1 amide bonds. The second kappa shape index (κ2) is 5.05. The van der Waals surface area contributed by atoms with Crippen LogP contribution in [-0.4, -0.2) is 54.7 Å². The number of hydrogen-bond donors (Lipinski definition) is 2. The van der Waals surface area contributed by atoms with E-state index in [0.717, 1.165) is 6.54 Å². The second-order valence-corrected chi connectivity index (χ2v) is 5.11. The Balaban J connectivity index is 2.02. The number of carbonyl (C=O) groups excluding carboxylic acids is 1. The van der Waals surface area contributed by atoms with Gasteiger partial charge in [0.05, 0.1) is 0 Å². The Morgan fingerprint density at radius 1 is 1.39 bits per heavy atom. The van der Waals surface area contributed by atoms with Crippen molar-refractivity contribution in [3.05, 3.63) is 0 Å². The quantitative estimate of drug-likeness (QED) is 0.725. The third kappa shape index (κ3) is 3.14. The van der Waals surface area contributed by atoms with Crippen molar-refractivity contribution in [2.45, 2.75) is 44.1 Å². The van der Waals surface area contributed by atoms with Crippen molar-refractivity contribution in [2.75, 3.05) is 19.6 Å². The molecular weight excluding hydrogens is 247 g/mol. The van der Waals surface area contributed by atoms with Crippen molar-refractivity contribution in [2.24, 2.45) is 0 Å². The molecule has 104 valence electrons. The molecule has 2 N–H and O–H groups in total. The van der Waals surface area contributed by atoms with E-state index in [4.69, 9.17) is 0 Å². The summed E-state index contributed by atoms with van der Waals surface area (Å²) in [5.41, 5.74) is 0. The second-order valence-electron chi connectivity index (χ2n) is 5.11. The molecule has 0 aromatic rings. The predicted molar refractivity (Wildman–Crippen MR) is 60.0 cm³/mol. The van der Waals surface area contributed by atoms with Gasteiger partial charge in [0.25, 0.3) is 0 Å². The van der Waals surface area contributed by atoms with Gasteiger partial charge in [-0.05, 0) is 13.3 Å². The van der Waals surface area contributed by atoms with Gasteiger partial charge >= 0.3 is 6.18 Å². The lowest BCUT2D eigenvalue weighted by Gasteiger charge is -2.41. The van der Waals surface area contributed by atoms with Crippen LogP contribution in [0.1, 0.15) is 19.8 Å². The standard InChI is InChI=1S/C11H18F3N3O/c1-7-6-17(3-2-15-7)8-4-9(11(12,13)14)16-10(18)5-8/h7-9,15H,2-6H2,1H3,(H,16,18). The number of rotatable bonds is 1. The summed E-state index contributed by atoms with van der Waals surface area (Å²) in [7, 11) is 0. The van der Waals surface area contributed by atoms with E-state index < -0.39 is 18.1 Å². The largest absolute Gasteiger partial charge is 0.408 e. The summed E-state index contributed by atoms with van der Waals surface area (Å²) in [6, 6.07) is -1.74. The lowest BCUT2D eigenvalue weighted by molar-refractivity contribution is -0.171. The van der Waals surface area contributed by atoms with Gasteiger partial charge in [-0.2, -0.15) is 13.2 Å². The molecule has 2 heterocycles. The minimum absolute atomic E-state index is 0.0397. The maximum absolute atomic E-state index is 12.7. The molecule has 0 radical (unpaired) electrons. The smallest absolute Gasteiger partial charge is 0.344 e. The normalized spacial score (nSPS) is 35.3. The summed E-state index contributed by atoms with van der Waals surface area (Å²) in [5, 5.41) is 5.27. The molecular formula is C11H18F3N3O. The lowest BCUT2D eigenvalue weighted by Crippen LogP contribution is -2.59. The first-order valence-electron chi connectivity index (χ1n) is 6.20. The Hall–Kier alpha value is -0.820. The van der Waals surface area contributed by atoms with Gasteiger partial charge in [0, 0.05) is 38.1 Å². The average molecular weight is 265 g/mol. The number of piperazine rings is 1. The van der Waals surface area contributed by atoms with Crippen LogP contribution in [0.2, 0.25) is 0 Å². The highest BCUT2D eigenvalue weighted by molar-refractivity contribution is 5.78. The molecule has 2 aliphatic heterocycles. The summed E-state index contributed by atoms with van der Waals surface area (Å²) in [5.74, 6) is -0.500. The molecule has 2 rings (SSSR count). The van der Waals surface area contributed by atoms with E-state index in [0.29, 0.717) is 13.1 Å². The topological polar surface area (TPSA) is 44.4 Å². The monoisotopic (exact) mass is 265 g/mol. The molecule has 0 aliphatic carbocycles. The molecule has 0 bridgehead atoms. The van der Waals surface area contributed by atoms with Crippen molar-refractivity contribution >= 4 is 5.91 Å². The summed E-state index contributed by atoms with van der Waals surface area (Å²) in [6.07, 6.45) is -4.23. The van der Waals surface area contributed by atoms with Crippen molar-refractivity contribution < 1.29 is 18.0 Å². The Bertz CT molecular complexity index is 321. The zero-order valence-corrected chi connectivity index (χ0v) is 10.3. The Kier molecular flexibility index (Phi) is 3.82. The van der Waals surface area contributed by atoms with Crippen LogP contribution in [0.4, 0.5) is 13.2 Å². The Labute approximate surface area is 104 Å². The van der Waals surface area contributed by atoms with Crippen LogP contribution in [0.15, 0.2) is 0 Å². The SMILES string of the molecule is CC1CN(C2CC(=O)NC(C(F)(F)F)C2)CCN1. The molecule has 4 nitrogen and oxygen atoms in total. The van der Waals surface area contributed by atoms with Gasteiger partial charge in [0.1, 0.15) is 6.04 Å². The van der Waals surface area contributed by atoms with Gasteiger partial charge in [-0.25, -0.2) is 0 Å². The van der Waals surface area contributed by atoms with Crippen molar-refractivity contribution in [1.82, 2.24) is 15.5 Å². The molecule has 0 aromatic carbocycles. The highest BCUT2D eigenvalue weighted by atomic mass is 19.4. The zero-order chi connectivity index (χ0) is 13.3. The first-order chi connectivity index (χ1) is 8.36. The molecule has 0 saturated carbocycles. The van der Waals surface area contributed by atoms with Gasteiger partial charge in [-0.15, -0.1) is 0 Å². The maximum Gasteiger partial charge on any atom is 0.408 e. The molecule has 3 atom stereocenters. The van der Waals surface area contributed by atoms with Crippen LogP contribution in [0.5, 0.6) is 0 Å². The number of piperidine rings is 1. The lowest BCUT2D eigenvalue weighted by atomic mass is 9.96. The summed E-state index contributed by atoms with van der Waals surface area (Å²) < 4.78 is 38.1.